The molecule has 0 saturated carbocycles. The molecule has 0 aromatic heterocycles. The fourth-order valence-corrected chi connectivity index (χ4v) is 2.28. The van der Waals surface area contributed by atoms with E-state index >= 15 is 0 Å². The fraction of sp³-hybridized carbons (Fsp3) is 0.316. The molecule has 0 saturated heterocycles. The largest absolute Gasteiger partial charge is 0.497 e. The number of methoxy groups -OCH3 is 1. The average Bonchev–Trinajstić information content (AvgIpc) is 2.60. The number of rotatable bonds is 8. The minimum Gasteiger partial charge on any atom is -0.497 e. The molecule has 0 atom stereocenters. The van der Waals surface area contributed by atoms with E-state index in [9.17, 15) is 4.79 Å². The van der Waals surface area contributed by atoms with Gasteiger partial charge in [-0.3, -0.25) is 4.79 Å². The first-order valence-electron chi connectivity index (χ1n) is 7.93. The summed E-state index contributed by atoms with van der Waals surface area (Å²) in [6, 6.07) is 16.0. The zero-order chi connectivity index (χ0) is 16.5. The van der Waals surface area contributed by atoms with Crippen LogP contribution in [0, 0.1) is 0 Å². The van der Waals surface area contributed by atoms with Crippen molar-refractivity contribution >= 4 is 11.6 Å². The van der Waals surface area contributed by atoms with Crippen LogP contribution in [0.3, 0.4) is 0 Å². The van der Waals surface area contributed by atoms with Crippen molar-refractivity contribution in [2.45, 2.75) is 19.8 Å². The Balaban J connectivity index is 1.70. The molecule has 4 heteroatoms. The van der Waals surface area contributed by atoms with Crippen molar-refractivity contribution in [2.24, 2.45) is 0 Å². The molecule has 2 rings (SSSR count). The zero-order valence-corrected chi connectivity index (χ0v) is 13.8. The second-order valence-electron chi connectivity index (χ2n) is 5.36. The topological polar surface area (TPSA) is 50.4 Å². The Kier molecular flexibility index (Phi) is 6.48. The monoisotopic (exact) mass is 312 g/mol. The Morgan fingerprint density at radius 1 is 1.09 bits per heavy atom. The van der Waals surface area contributed by atoms with Gasteiger partial charge >= 0.3 is 0 Å². The second kappa shape index (κ2) is 8.83. The van der Waals surface area contributed by atoms with E-state index in [4.69, 9.17) is 4.74 Å². The highest BCUT2D eigenvalue weighted by molar-refractivity contribution is 5.80. The molecule has 0 heterocycles. The van der Waals surface area contributed by atoms with E-state index in [2.05, 4.69) is 29.7 Å². The molecule has 2 N–H and O–H groups in total. The SMILES string of the molecule is CCc1ccc(NCC(=O)NCCc2cccc(OC)c2)cc1. The molecule has 0 aliphatic heterocycles. The van der Waals surface area contributed by atoms with Gasteiger partial charge in [0.15, 0.2) is 0 Å². The van der Waals surface area contributed by atoms with Crippen molar-refractivity contribution < 1.29 is 9.53 Å². The minimum absolute atomic E-state index is 0.00698. The van der Waals surface area contributed by atoms with Gasteiger partial charge in [0.1, 0.15) is 5.75 Å². The summed E-state index contributed by atoms with van der Waals surface area (Å²) in [5.41, 5.74) is 3.40. The van der Waals surface area contributed by atoms with Gasteiger partial charge in [-0.15, -0.1) is 0 Å². The lowest BCUT2D eigenvalue weighted by atomic mass is 10.1. The smallest absolute Gasteiger partial charge is 0.239 e. The lowest BCUT2D eigenvalue weighted by molar-refractivity contribution is -0.119. The van der Waals surface area contributed by atoms with Crippen molar-refractivity contribution in [3.05, 3.63) is 59.7 Å². The summed E-state index contributed by atoms with van der Waals surface area (Å²) >= 11 is 0. The van der Waals surface area contributed by atoms with E-state index in [-0.39, 0.29) is 12.5 Å². The van der Waals surface area contributed by atoms with E-state index in [1.165, 1.54) is 5.56 Å². The summed E-state index contributed by atoms with van der Waals surface area (Å²) < 4.78 is 5.19. The maximum absolute atomic E-state index is 11.9. The standard InChI is InChI=1S/C19H24N2O2/c1-3-15-7-9-17(10-8-15)21-14-19(22)20-12-11-16-5-4-6-18(13-16)23-2/h4-10,13,21H,3,11-12,14H2,1-2H3,(H,20,22). The number of benzene rings is 2. The Morgan fingerprint density at radius 2 is 1.87 bits per heavy atom. The first-order chi connectivity index (χ1) is 11.2. The third-order valence-electron chi connectivity index (χ3n) is 3.69. The van der Waals surface area contributed by atoms with E-state index in [0.29, 0.717) is 6.54 Å². The number of carbonyl (C=O) groups excluding carboxylic acids is 1. The van der Waals surface area contributed by atoms with Gasteiger partial charge in [-0.1, -0.05) is 31.2 Å². The highest BCUT2D eigenvalue weighted by atomic mass is 16.5. The van der Waals surface area contributed by atoms with E-state index in [1.54, 1.807) is 7.11 Å². The minimum atomic E-state index is -0.00698. The van der Waals surface area contributed by atoms with Crippen LogP contribution in [0.15, 0.2) is 48.5 Å². The van der Waals surface area contributed by atoms with Crippen LogP contribution in [0.1, 0.15) is 18.1 Å². The molecule has 0 unspecified atom stereocenters. The van der Waals surface area contributed by atoms with Gasteiger partial charge in [-0.2, -0.15) is 0 Å². The third kappa shape index (κ3) is 5.66. The highest BCUT2D eigenvalue weighted by Crippen LogP contribution is 2.12. The maximum atomic E-state index is 11.9. The van der Waals surface area contributed by atoms with Gasteiger partial charge in [-0.05, 0) is 48.2 Å². The van der Waals surface area contributed by atoms with Crippen LogP contribution >= 0.6 is 0 Å². The van der Waals surface area contributed by atoms with E-state index in [1.807, 2.05) is 36.4 Å². The molecule has 0 bridgehead atoms. The first-order valence-corrected chi connectivity index (χ1v) is 7.93. The van der Waals surface area contributed by atoms with E-state index < -0.39 is 0 Å². The molecule has 0 radical (unpaired) electrons. The third-order valence-corrected chi connectivity index (χ3v) is 3.69. The fourth-order valence-electron chi connectivity index (χ4n) is 2.28. The molecule has 0 fully saturated rings. The Labute approximate surface area is 137 Å². The van der Waals surface area contributed by atoms with Gasteiger partial charge in [0.25, 0.3) is 0 Å². The molecule has 122 valence electrons. The molecule has 2 aromatic carbocycles. The molecule has 1 amide bonds. The second-order valence-corrected chi connectivity index (χ2v) is 5.36. The van der Waals surface area contributed by atoms with Crippen LogP contribution in [0.2, 0.25) is 0 Å². The van der Waals surface area contributed by atoms with Crippen LogP contribution in [0.4, 0.5) is 5.69 Å². The van der Waals surface area contributed by atoms with Crippen molar-refractivity contribution in [3.63, 3.8) is 0 Å². The maximum Gasteiger partial charge on any atom is 0.239 e. The van der Waals surface area contributed by atoms with Crippen molar-refractivity contribution in [1.29, 1.82) is 0 Å². The Hall–Kier alpha value is -2.49. The van der Waals surface area contributed by atoms with Crippen molar-refractivity contribution in [3.8, 4) is 5.75 Å². The van der Waals surface area contributed by atoms with Crippen LogP contribution in [-0.2, 0) is 17.6 Å². The summed E-state index contributed by atoms with van der Waals surface area (Å²) in [6.07, 6.45) is 1.80. The number of nitrogens with one attached hydrogen (secondary N) is 2. The summed E-state index contributed by atoms with van der Waals surface area (Å²) in [5.74, 6) is 0.832. The molecule has 0 aliphatic carbocycles. The normalized spacial score (nSPS) is 10.2. The Morgan fingerprint density at radius 3 is 2.57 bits per heavy atom. The predicted molar refractivity (Wildman–Crippen MR) is 94.0 cm³/mol. The Bertz CT molecular complexity index is 624. The molecule has 0 spiro atoms. The van der Waals surface area contributed by atoms with Gasteiger partial charge < -0.3 is 15.4 Å². The van der Waals surface area contributed by atoms with Gasteiger partial charge in [-0.25, -0.2) is 0 Å². The number of ether oxygens (including phenoxy) is 1. The molecule has 2 aromatic rings. The van der Waals surface area contributed by atoms with Crippen molar-refractivity contribution in [2.75, 3.05) is 25.5 Å². The van der Waals surface area contributed by atoms with E-state index in [0.717, 1.165) is 29.8 Å². The molecule has 4 nitrogen and oxygen atoms in total. The molecular formula is C19H24N2O2. The van der Waals surface area contributed by atoms with Crippen LogP contribution in [0.5, 0.6) is 5.75 Å². The number of hydrogen-bond acceptors (Lipinski definition) is 3. The highest BCUT2D eigenvalue weighted by Gasteiger charge is 2.02. The molecule has 0 aliphatic rings. The predicted octanol–water partition coefficient (Wildman–Crippen LogP) is 3.03. The number of aryl methyl sites for hydroxylation is 1. The zero-order valence-electron chi connectivity index (χ0n) is 13.8. The molecule has 23 heavy (non-hydrogen) atoms. The van der Waals surface area contributed by atoms with Crippen LogP contribution in [-0.4, -0.2) is 26.1 Å². The number of hydrogen-bond donors (Lipinski definition) is 2. The number of amides is 1. The summed E-state index contributed by atoms with van der Waals surface area (Å²) in [6.45, 7) is 3.02. The lowest BCUT2D eigenvalue weighted by Gasteiger charge is -2.09. The molecular weight excluding hydrogens is 288 g/mol. The summed E-state index contributed by atoms with van der Waals surface area (Å²) in [4.78, 5) is 11.9. The number of carbonyl (C=O) groups is 1. The van der Waals surface area contributed by atoms with Crippen LogP contribution in [0.25, 0.3) is 0 Å². The lowest BCUT2D eigenvalue weighted by Crippen LogP contribution is -2.31. The summed E-state index contributed by atoms with van der Waals surface area (Å²) in [5, 5.41) is 6.05. The van der Waals surface area contributed by atoms with Gasteiger partial charge in [0, 0.05) is 12.2 Å². The first kappa shape index (κ1) is 16.9. The average molecular weight is 312 g/mol. The number of anilines is 1. The van der Waals surface area contributed by atoms with Crippen LogP contribution < -0.4 is 15.4 Å². The van der Waals surface area contributed by atoms with Crippen molar-refractivity contribution in [1.82, 2.24) is 5.32 Å². The quantitative estimate of drug-likeness (QED) is 0.788. The summed E-state index contributed by atoms with van der Waals surface area (Å²) in [7, 11) is 1.65. The van der Waals surface area contributed by atoms with Gasteiger partial charge in [0.2, 0.25) is 5.91 Å². The van der Waals surface area contributed by atoms with Gasteiger partial charge in [0.05, 0.1) is 13.7 Å².